The number of hydrogen-bond acceptors (Lipinski definition) is 4. The van der Waals surface area contributed by atoms with E-state index in [0.29, 0.717) is 6.42 Å². The van der Waals surface area contributed by atoms with E-state index in [1.165, 1.54) is 0 Å². The van der Waals surface area contributed by atoms with Crippen molar-refractivity contribution in [3.05, 3.63) is 0 Å². The van der Waals surface area contributed by atoms with Crippen LogP contribution in [0.4, 0.5) is 0 Å². The van der Waals surface area contributed by atoms with Crippen molar-refractivity contribution in [3.8, 4) is 0 Å². The summed E-state index contributed by atoms with van der Waals surface area (Å²) < 4.78 is 28.9. The van der Waals surface area contributed by atoms with E-state index in [9.17, 15) is 18.3 Å². The first-order chi connectivity index (χ1) is 4.89. The van der Waals surface area contributed by atoms with Crippen molar-refractivity contribution in [3.63, 3.8) is 0 Å². The fourth-order valence-electron chi connectivity index (χ4n) is 0.651. The summed E-state index contributed by atoms with van der Waals surface area (Å²) in [6.07, 6.45) is 0.236. The van der Waals surface area contributed by atoms with Crippen molar-refractivity contribution < 1.29 is 52.4 Å². The van der Waals surface area contributed by atoms with Crippen molar-refractivity contribution in [2.45, 2.75) is 25.0 Å². The molecule has 66 valence electrons. The first-order valence-corrected chi connectivity index (χ1v) is 4.57. The van der Waals surface area contributed by atoms with Gasteiger partial charge in [0.2, 0.25) is 0 Å². The summed E-state index contributed by atoms with van der Waals surface area (Å²) in [5.74, 6) is -1.76. The van der Waals surface area contributed by atoms with Gasteiger partial charge in [0.25, 0.3) is 10.1 Å². The minimum atomic E-state index is -4.49. The Morgan fingerprint density at radius 2 is 2.00 bits per heavy atom. The number of hydrogen-bond donors (Lipinski definition) is 1. The minimum absolute atomic E-state index is 0. The molecule has 0 fully saturated rings. The molecule has 0 aromatic rings. The third kappa shape index (κ3) is 5.10. The zero-order chi connectivity index (χ0) is 9.07. The van der Waals surface area contributed by atoms with E-state index in [2.05, 4.69) is 0 Å². The number of aliphatic carboxylic acids is 1. The summed E-state index contributed by atoms with van der Waals surface area (Å²) >= 11 is 0. The van der Waals surface area contributed by atoms with E-state index >= 15 is 0 Å². The van der Waals surface area contributed by atoms with Gasteiger partial charge >= 0.3 is 29.6 Å². The van der Waals surface area contributed by atoms with Crippen LogP contribution in [0.2, 0.25) is 0 Å². The molecule has 7 heteroatoms. The van der Waals surface area contributed by atoms with Gasteiger partial charge in [0, 0.05) is 0 Å². The largest absolute Gasteiger partial charge is 1.00 e. The summed E-state index contributed by atoms with van der Waals surface area (Å²) in [7, 11) is -4.49. The van der Waals surface area contributed by atoms with Crippen LogP contribution in [0.25, 0.3) is 0 Å². The molecule has 0 heterocycles. The van der Waals surface area contributed by atoms with Gasteiger partial charge in [-0.15, -0.1) is 0 Å². The van der Waals surface area contributed by atoms with Crippen LogP contribution in [0.5, 0.6) is 0 Å². The summed E-state index contributed by atoms with van der Waals surface area (Å²) in [4.78, 5) is 10.1. The third-order valence-corrected chi connectivity index (χ3v) is 2.32. The number of rotatable bonds is 4. The van der Waals surface area contributed by atoms with E-state index < -0.39 is 21.3 Å². The first-order valence-electron chi connectivity index (χ1n) is 3.06. The Labute approximate surface area is 93.2 Å². The molecule has 0 aliphatic carbocycles. The molecule has 0 amide bonds. The molecule has 1 unspecified atom stereocenters. The molecule has 0 aliphatic heterocycles. The average Bonchev–Trinajstić information content (AvgIpc) is 1.79. The summed E-state index contributed by atoms with van der Waals surface area (Å²) in [5, 5.41) is 8.30. The van der Waals surface area contributed by atoms with Crippen LogP contribution < -0.4 is 34.7 Å². The Kier molecular flexibility index (Phi) is 7.35. The van der Waals surface area contributed by atoms with E-state index in [-0.39, 0.29) is 36.0 Å². The van der Waals surface area contributed by atoms with Crippen LogP contribution in [0.15, 0.2) is 0 Å². The number of carbonyl (C=O) groups excluding carboxylic acids is 1. The van der Waals surface area contributed by atoms with Crippen molar-refractivity contribution in [1.29, 1.82) is 0 Å². The fraction of sp³-hybridized carbons (Fsp3) is 0.800. The number of carbonyl (C=O) groups is 1. The maximum absolute atomic E-state index is 10.3. The van der Waals surface area contributed by atoms with Crippen molar-refractivity contribution in [2.24, 2.45) is 0 Å². The molecule has 5 nitrogen and oxygen atoms in total. The van der Waals surface area contributed by atoms with Gasteiger partial charge in [-0.1, -0.05) is 13.3 Å². The maximum atomic E-state index is 10.3. The van der Waals surface area contributed by atoms with Crippen molar-refractivity contribution in [2.75, 3.05) is 0 Å². The van der Waals surface area contributed by atoms with Gasteiger partial charge in [-0.2, -0.15) is 8.42 Å². The Balaban J connectivity index is 0. The second kappa shape index (κ2) is 5.93. The van der Waals surface area contributed by atoms with Crippen LogP contribution in [0.3, 0.4) is 0 Å². The monoisotopic (exact) mass is 204 g/mol. The maximum Gasteiger partial charge on any atom is 1.00 e. The molecule has 0 spiro atoms. The fourth-order valence-corrected chi connectivity index (χ4v) is 1.43. The second-order valence-electron chi connectivity index (χ2n) is 2.11. The third-order valence-electron chi connectivity index (χ3n) is 1.17. The topological polar surface area (TPSA) is 94.5 Å². The second-order valence-corrected chi connectivity index (χ2v) is 3.71. The van der Waals surface area contributed by atoms with Crippen LogP contribution in [0.1, 0.15) is 19.8 Å². The van der Waals surface area contributed by atoms with E-state index in [1.807, 2.05) is 0 Å². The van der Waals surface area contributed by atoms with E-state index in [0.717, 1.165) is 0 Å². The summed E-state index contributed by atoms with van der Waals surface area (Å²) in [6, 6.07) is 0. The molecular weight excluding hydrogens is 195 g/mol. The zero-order valence-electron chi connectivity index (χ0n) is 6.98. The van der Waals surface area contributed by atoms with Gasteiger partial charge in [-0.05, 0) is 6.42 Å². The zero-order valence-corrected chi connectivity index (χ0v) is 9.80. The Hall–Kier alpha value is 0.380. The SMILES string of the molecule is CCCC(C(=O)[O-])S(=O)(=O)O.[Na+]. The first kappa shape index (κ1) is 14.9. The van der Waals surface area contributed by atoms with Gasteiger partial charge < -0.3 is 9.90 Å². The number of carboxylic acids is 1. The van der Waals surface area contributed by atoms with E-state index in [4.69, 9.17) is 4.55 Å². The molecule has 0 aromatic carbocycles. The normalized spacial score (nSPS) is 13.2. The average molecular weight is 204 g/mol. The molecule has 0 saturated heterocycles. The Morgan fingerprint density at radius 3 is 2.08 bits per heavy atom. The molecule has 0 radical (unpaired) electrons. The van der Waals surface area contributed by atoms with Gasteiger partial charge in [0.05, 0.1) is 5.97 Å². The molecule has 0 saturated carbocycles. The van der Waals surface area contributed by atoms with Crippen LogP contribution >= 0.6 is 0 Å². The van der Waals surface area contributed by atoms with Gasteiger partial charge in [0.1, 0.15) is 5.25 Å². The predicted octanol–water partition coefficient (Wildman–Crippen LogP) is -4.20. The number of carboxylic acid groups (broad SMARTS) is 1. The molecule has 0 rings (SSSR count). The molecule has 1 atom stereocenters. The molecule has 0 bridgehead atoms. The van der Waals surface area contributed by atoms with Crippen LogP contribution in [-0.2, 0) is 14.9 Å². The van der Waals surface area contributed by atoms with Gasteiger partial charge in [0.15, 0.2) is 0 Å². The predicted molar refractivity (Wildman–Crippen MR) is 35.3 cm³/mol. The Bertz CT molecular complexity index is 234. The van der Waals surface area contributed by atoms with Crippen LogP contribution in [-0.4, -0.2) is 24.2 Å². The van der Waals surface area contributed by atoms with Gasteiger partial charge in [-0.25, -0.2) is 0 Å². The van der Waals surface area contributed by atoms with E-state index in [1.54, 1.807) is 6.92 Å². The molecule has 1 N–H and O–H groups in total. The molecule has 0 aromatic heterocycles. The van der Waals surface area contributed by atoms with Crippen LogP contribution in [0, 0.1) is 0 Å². The summed E-state index contributed by atoms with van der Waals surface area (Å²) in [6.45, 7) is 1.61. The molecular formula is C5H9NaO5S. The van der Waals surface area contributed by atoms with Crippen molar-refractivity contribution in [1.82, 2.24) is 0 Å². The van der Waals surface area contributed by atoms with Gasteiger partial charge in [-0.3, -0.25) is 4.55 Å². The minimum Gasteiger partial charge on any atom is -0.549 e. The quantitative estimate of drug-likeness (QED) is 0.370. The summed E-state index contributed by atoms with van der Waals surface area (Å²) in [5.41, 5.74) is 0. The standard InChI is InChI=1S/C5H10O5S.Na/c1-2-3-4(5(6)7)11(8,9)10;/h4H,2-3H2,1H3,(H,6,7)(H,8,9,10);/q;+1/p-1. The smallest absolute Gasteiger partial charge is 0.549 e. The molecule has 12 heavy (non-hydrogen) atoms. The molecule has 0 aliphatic rings. The van der Waals surface area contributed by atoms with Crippen molar-refractivity contribution >= 4 is 16.1 Å². The Morgan fingerprint density at radius 1 is 1.58 bits per heavy atom.